The van der Waals surface area contributed by atoms with Gasteiger partial charge < -0.3 is 14.8 Å². The Labute approximate surface area is 135 Å². The molecule has 1 aliphatic rings. The third kappa shape index (κ3) is 2.86. The Balaban J connectivity index is 1.97. The molecule has 0 saturated carbocycles. The minimum Gasteiger partial charge on any atom is -0.373 e. The molecule has 23 heavy (non-hydrogen) atoms. The van der Waals surface area contributed by atoms with Crippen molar-refractivity contribution in [3.05, 3.63) is 63.1 Å². The number of nitrogens with zero attached hydrogens (tertiary/aromatic N) is 2. The van der Waals surface area contributed by atoms with Crippen molar-refractivity contribution >= 4 is 11.6 Å². The molecule has 0 radical (unpaired) electrons. The SMILES string of the molecule is Cc1cc(C)c(C(=O)N2CCN(C)c3ccccc3C2)c(=O)[nH]1. The van der Waals surface area contributed by atoms with Crippen LogP contribution in [-0.2, 0) is 6.54 Å². The fraction of sp³-hybridized carbons (Fsp3) is 0.333. The first-order valence-electron chi connectivity index (χ1n) is 7.76. The lowest BCUT2D eigenvalue weighted by Gasteiger charge is -2.21. The van der Waals surface area contributed by atoms with E-state index in [9.17, 15) is 9.59 Å². The van der Waals surface area contributed by atoms with E-state index in [1.54, 1.807) is 4.90 Å². The summed E-state index contributed by atoms with van der Waals surface area (Å²) in [5.74, 6) is -0.200. The van der Waals surface area contributed by atoms with Crippen LogP contribution in [0.2, 0.25) is 0 Å². The fourth-order valence-corrected chi connectivity index (χ4v) is 3.14. The Morgan fingerprint density at radius 3 is 2.65 bits per heavy atom. The number of likely N-dealkylation sites (N-methyl/N-ethyl adjacent to an activating group) is 1. The zero-order valence-electron chi connectivity index (χ0n) is 13.7. The van der Waals surface area contributed by atoms with Gasteiger partial charge in [-0.15, -0.1) is 0 Å². The number of H-pyrrole nitrogens is 1. The zero-order chi connectivity index (χ0) is 16.6. The van der Waals surface area contributed by atoms with Gasteiger partial charge in [0.15, 0.2) is 0 Å². The van der Waals surface area contributed by atoms with E-state index in [1.165, 1.54) is 0 Å². The topological polar surface area (TPSA) is 56.4 Å². The summed E-state index contributed by atoms with van der Waals surface area (Å²) < 4.78 is 0. The van der Waals surface area contributed by atoms with Crippen LogP contribution in [0.4, 0.5) is 5.69 Å². The number of amides is 1. The van der Waals surface area contributed by atoms with Gasteiger partial charge in [0.1, 0.15) is 5.56 Å². The Bertz CT molecular complexity index is 810. The van der Waals surface area contributed by atoms with Crippen molar-refractivity contribution < 1.29 is 4.79 Å². The van der Waals surface area contributed by atoms with Crippen LogP contribution in [0.25, 0.3) is 0 Å². The molecule has 1 aromatic carbocycles. The van der Waals surface area contributed by atoms with Crippen LogP contribution in [0, 0.1) is 13.8 Å². The highest BCUT2D eigenvalue weighted by Gasteiger charge is 2.25. The number of rotatable bonds is 1. The monoisotopic (exact) mass is 311 g/mol. The fourth-order valence-electron chi connectivity index (χ4n) is 3.14. The number of anilines is 1. The van der Waals surface area contributed by atoms with Crippen LogP contribution in [0.3, 0.4) is 0 Å². The molecule has 0 aliphatic carbocycles. The molecule has 0 spiro atoms. The molecule has 1 amide bonds. The number of carbonyl (C=O) groups is 1. The van der Waals surface area contributed by atoms with Gasteiger partial charge in [-0.1, -0.05) is 18.2 Å². The summed E-state index contributed by atoms with van der Waals surface area (Å²) in [6.07, 6.45) is 0. The van der Waals surface area contributed by atoms with Crippen LogP contribution in [0.15, 0.2) is 35.1 Å². The summed E-state index contributed by atoms with van der Waals surface area (Å²) in [5, 5.41) is 0. The van der Waals surface area contributed by atoms with Gasteiger partial charge in [0.25, 0.3) is 11.5 Å². The van der Waals surface area contributed by atoms with Crippen molar-refractivity contribution in [2.24, 2.45) is 0 Å². The quantitative estimate of drug-likeness (QED) is 0.877. The molecule has 1 N–H and O–H groups in total. The van der Waals surface area contributed by atoms with Crippen LogP contribution < -0.4 is 10.5 Å². The standard InChI is InChI=1S/C18H21N3O2/c1-12-10-13(2)19-17(22)16(12)18(23)21-9-8-20(3)15-7-5-4-6-14(15)11-21/h4-7,10H,8-9,11H2,1-3H3,(H,19,22). The first kappa shape index (κ1) is 15.3. The van der Waals surface area contributed by atoms with E-state index in [2.05, 4.69) is 16.0 Å². The summed E-state index contributed by atoms with van der Waals surface area (Å²) in [6, 6.07) is 9.91. The lowest BCUT2D eigenvalue weighted by atomic mass is 10.1. The highest BCUT2D eigenvalue weighted by Crippen LogP contribution is 2.24. The molecule has 1 aromatic heterocycles. The number of hydrogen-bond acceptors (Lipinski definition) is 3. The second-order valence-corrected chi connectivity index (χ2v) is 6.12. The van der Waals surface area contributed by atoms with Crippen LogP contribution in [-0.4, -0.2) is 35.9 Å². The molecule has 0 fully saturated rings. The summed E-state index contributed by atoms with van der Waals surface area (Å²) >= 11 is 0. The Morgan fingerprint density at radius 1 is 1.17 bits per heavy atom. The minimum atomic E-state index is -0.307. The number of fused-ring (bicyclic) bond motifs is 1. The van der Waals surface area contributed by atoms with E-state index in [4.69, 9.17) is 0 Å². The van der Waals surface area contributed by atoms with Gasteiger partial charge in [-0.25, -0.2) is 0 Å². The number of benzene rings is 1. The highest BCUT2D eigenvalue weighted by molar-refractivity contribution is 5.95. The van der Waals surface area contributed by atoms with Gasteiger partial charge in [-0.3, -0.25) is 9.59 Å². The molecule has 1 aliphatic heterocycles. The number of hydrogen-bond donors (Lipinski definition) is 1. The first-order chi connectivity index (χ1) is 11.0. The molecule has 0 atom stereocenters. The molecule has 0 unspecified atom stereocenters. The number of para-hydroxylation sites is 1. The number of aromatic nitrogens is 1. The first-order valence-corrected chi connectivity index (χ1v) is 7.76. The molecule has 2 heterocycles. The third-order valence-corrected chi connectivity index (χ3v) is 4.34. The van der Waals surface area contributed by atoms with Crippen molar-refractivity contribution in [1.82, 2.24) is 9.88 Å². The number of aryl methyl sites for hydroxylation is 2. The maximum Gasteiger partial charge on any atom is 0.261 e. The van der Waals surface area contributed by atoms with Gasteiger partial charge in [-0.2, -0.15) is 0 Å². The maximum absolute atomic E-state index is 12.9. The minimum absolute atomic E-state index is 0.200. The number of pyridine rings is 1. The van der Waals surface area contributed by atoms with Gasteiger partial charge in [-0.05, 0) is 37.1 Å². The Morgan fingerprint density at radius 2 is 1.91 bits per heavy atom. The Kier molecular flexibility index (Phi) is 3.94. The number of aromatic amines is 1. The molecule has 120 valence electrons. The van der Waals surface area contributed by atoms with E-state index in [0.717, 1.165) is 29.1 Å². The summed E-state index contributed by atoms with van der Waals surface area (Å²) in [7, 11) is 2.02. The van der Waals surface area contributed by atoms with Crippen LogP contribution >= 0.6 is 0 Å². The summed E-state index contributed by atoms with van der Waals surface area (Å²) in [5.41, 5.74) is 3.67. The van der Waals surface area contributed by atoms with Crippen LogP contribution in [0.5, 0.6) is 0 Å². The average Bonchev–Trinajstić information content (AvgIpc) is 2.66. The molecule has 0 saturated heterocycles. The lowest BCUT2D eigenvalue weighted by Crippen LogP contribution is -2.37. The van der Waals surface area contributed by atoms with Crippen molar-refractivity contribution in [2.45, 2.75) is 20.4 Å². The maximum atomic E-state index is 12.9. The number of carbonyl (C=O) groups excluding carboxylic acids is 1. The average molecular weight is 311 g/mol. The second-order valence-electron chi connectivity index (χ2n) is 6.12. The van der Waals surface area contributed by atoms with Gasteiger partial charge >= 0.3 is 0 Å². The smallest absolute Gasteiger partial charge is 0.261 e. The largest absolute Gasteiger partial charge is 0.373 e. The summed E-state index contributed by atoms with van der Waals surface area (Å²) in [4.78, 5) is 31.8. The lowest BCUT2D eigenvalue weighted by molar-refractivity contribution is 0.0749. The van der Waals surface area contributed by atoms with E-state index in [-0.39, 0.29) is 17.0 Å². The molecule has 2 aromatic rings. The number of nitrogens with one attached hydrogen (secondary N) is 1. The zero-order valence-corrected chi connectivity index (χ0v) is 13.7. The molecule has 5 heteroatoms. The highest BCUT2D eigenvalue weighted by atomic mass is 16.2. The Hall–Kier alpha value is -2.56. The van der Waals surface area contributed by atoms with Crippen molar-refractivity contribution in [3.8, 4) is 0 Å². The third-order valence-electron chi connectivity index (χ3n) is 4.34. The molecule has 0 bridgehead atoms. The van der Waals surface area contributed by atoms with E-state index in [1.807, 2.05) is 45.2 Å². The predicted octanol–water partition coefficient (Wildman–Crippen LogP) is 2.08. The normalized spacial score (nSPS) is 14.4. The molecule has 3 rings (SSSR count). The molecular weight excluding hydrogens is 290 g/mol. The van der Waals surface area contributed by atoms with Gasteiger partial charge in [0.05, 0.1) is 0 Å². The molecule has 5 nitrogen and oxygen atoms in total. The van der Waals surface area contributed by atoms with Crippen molar-refractivity contribution in [3.63, 3.8) is 0 Å². The van der Waals surface area contributed by atoms with E-state index in [0.29, 0.717) is 13.1 Å². The summed E-state index contributed by atoms with van der Waals surface area (Å²) in [6.45, 7) is 5.49. The van der Waals surface area contributed by atoms with Crippen molar-refractivity contribution in [1.29, 1.82) is 0 Å². The second kappa shape index (κ2) is 5.91. The van der Waals surface area contributed by atoms with Gasteiger partial charge in [0.2, 0.25) is 0 Å². The van der Waals surface area contributed by atoms with E-state index < -0.39 is 0 Å². The van der Waals surface area contributed by atoms with Crippen molar-refractivity contribution in [2.75, 3.05) is 25.0 Å². The van der Waals surface area contributed by atoms with Crippen LogP contribution in [0.1, 0.15) is 27.2 Å². The van der Waals surface area contributed by atoms with E-state index >= 15 is 0 Å². The molecular formula is C18H21N3O2. The van der Waals surface area contributed by atoms with Gasteiger partial charge in [0, 0.05) is 38.1 Å². The predicted molar refractivity (Wildman–Crippen MR) is 91.0 cm³/mol.